The van der Waals surface area contributed by atoms with Crippen molar-refractivity contribution in [3.8, 4) is 0 Å². The van der Waals surface area contributed by atoms with E-state index in [1.807, 2.05) is 6.07 Å². The topological polar surface area (TPSA) is 61.4 Å². The molecule has 0 radical (unpaired) electrons. The van der Waals surface area contributed by atoms with Crippen molar-refractivity contribution >= 4 is 17.5 Å². The van der Waals surface area contributed by atoms with Gasteiger partial charge in [0, 0.05) is 44.3 Å². The van der Waals surface area contributed by atoms with Crippen LogP contribution in [0.4, 0.5) is 11.6 Å². The van der Waals surface area contributed by atoms with E-state index >= 15 is 0 Å². The molecule has 6 heteroatoms. The van der Waals surface area contributed by atoms with Crippen LogP contribution in [0.15, 0.2) is 30.6 Å². The molecule has 1 aromatic heterocycles. The van der Waals surface area contributed by atoms with E-state index in [9.17, 15) is 4.79 Å². The van der Waals surface area contributed by atoms with Crippen molar-refractivity contribution in [1.29, 1.82) is 0 Å². The second-order valence-corrected chi connectivity index (χ2v) is 6.81. The SMILES string of the molecule is CCc1cccc(CC)c1NC(=O)c1cnc(N2CCN(CC)CC2)nc1. The quantitative estimate of drug-likeness (QED) is 0.850. The van der Waals surface area contributed by atoms with Gasteiger partial charge in [0.15, 0.2) is 0 Å². The number of carbonyl (C=O) groups is 1. The second kappa shape index (κ2) is 8.95. The fourth-order valence-corrected chi connectivity index (χ4v) is 3.45. The Bertz CT molecular complexity index is 744. The highest BCUT2D eigenvalue weighted by Crippen LogP contribution is 2.23. The van der Waals surface area contributed by atoms with Crippen LogP contribution in [0.25, 0.3) is 0 Å². The highest BCUT2D eigenvalue weighted by atomic mass is 16.1. The normalized spacial score (nSPS) is 15.0. The van der Waals surface area contributed by atoms with Crippen molar-refractivity contribution in [3.05, 3.63) is 47.3 Å². The Kier molecular flexibility index (Phi) is 6.40. The molecule has 2 heterocycles. The maximum atomic E-state index is 12.7. The molecule has 1 amide bonds. The van der Waals surface area contributed by atoms with Crippen molar-refractivity contribution in [2.45, 2.75) is 33.6 Å². The highest BCUT2D eigenvalue weighted by molar-refractivity contribution is 6.04. The molecule has 0 saturated carbocycles. The van der Waals surface area contributed by atoms with Gasteiger partial charge in [0.2, 0.25) is 5.95 Å². The van der Waals surface area contributed by atoms with E-state index in [-0.39, 0.29) is 5.91 Å². The van der Waals surface area contributed by atoms with Crippen LogP contribution in [0.5, 0.6) is 0 Å². The summed E-state index contributed by atoms with van der Waals surface area (Å²) in [5, 5.41) is 3.07. The minimum absolute atomic E-state index is 0.159. The number of likely N-dealkylation sites (N-methyl/N-ethyl adjacent to an activating group) is 1. The van der Waals surface area contributed by atoms with E-state index in [0.717, 1.165) is 62.4 Å². The fraction of sp³-hybridized carbons (Fsp3) is 0.476. The van der Waals surface area contributed by atoms with Gasteiger partial charge in [-0.15, -0.1) is 0 Å². The van der Waals surface area contributed by atoms with Gasteiger partial charge in [-0.2, -0.15) is 0 Å². The number of amides is 1. The van der Waals surface area contributed by atoms with Crippen LogP contribution in [0.3, 0.4) is 0 Å². The molecule has 2 aromatic rings. The Morgan fingerprint density at radius 3 is 2.11 bits per heavy atom. The third kappa shape index (κ3) is 4.45. The lowest BCUT2D eigenvalue weighted by molar-refractivity contribution is 0.102. The van der Waals surface area contributed by atoms with E-state index in [2.05, 4.69) is 58.0 Å². The average Bonchev–Trinajstić information content (AvgIpc) is 2.74. The van der Waals surface area contributed by atoms with Gasteiger partial charge < -0.3 is 15.1 Å². The van der Waals surface area contributed by atoms with Crippen molar-refractivity contribution in [2.75, 3.05) is 42.9 Å². The summed E-state index contributed by atoms with van der Waals surface area (Å²) in [6, 6.07) is 6.16. The number of piperazine rings is 1. The zero-order valence-corrected chi connectivity index (χ0v) is 16.5. The number of hydrogen-bond acceptors (Lipinski definition) is 5. The number of hydrogen-bond donors (Lipinski definition) is 1. The summed E-state index contributed by atoms with van der Waals surface area (Å²) >= 11 is 0. The molecule has 0 aliphatic carbocycles. The first-order valence-electron chi connectivity index (χ1n) is 9.87. The van der Waals surface area contributed by atoms with Gasteiger partial charge in [-0.1, -0.05) is 39.0 Å². The molecule has 1 aliphatic rings. The summed E-state index contributed by atoms with van der Waals surface area (Å²) in [5.41, 5.74) is 3.70. The summed E-state index contributed by atoms with van der Waals surface area (Å²) in [7, 11) is 0. The molecule has 1 aromatic carbocycles. The number of nitrogens with zero attached hydrogens (tertiary/aromatic N) is 4. The number of benzene rings is 1. The third-order valence-electron chi connectivity index (χ3n) is 5.24. The summed E-state index contributed by atoms with van der Waals surface area (Å²) in [5.74, 6) is 0.540. The Hall–Kier alpha value is -2.47. The van der Waals surface area contributed by atoms with Gasteiger partial charge in [-0.05, 0) is 30.5 Å². The molecule has 1 aliphatic heterocycles. The first-order valence-corrected chi connectivity index (χ1v) is 9.87. The molecular formula is C21H29N5O. The average molecular weight is 367 g/mol. The Morgan fingerprint density at radius 2 is 1.59 bits per heavy atom. The molecule has 0 bridgehead atoms. The lowest BCUT2D eigenvalue weighted by Crippen LogP contribution is -2.46. The van der Waals surface area contributed by atoms with Crippen LogP contribution in [0.1, 0.15) is 42.3 Å². The molecule has 1 saturated heterocycles. The van der Waals surface area contributed by atoms with E-state index in [4.69, 9.17) is 0 Å². The second-order valence-electron chi connectivity index (χ2n) is 6.81. The number of carbonyl (C=O) groups excluding carboxylic acids is 1. The lowest BCUT2D eigenvalue weighted by Gasteiger charge is -2.33. The Balaban J connectivity index is 1.70. The fourth-order valence-electron chi connectivity index (χ4n) is 3.45. The van der Waals surface area contributed by atoms with Gasteiger partial charge in [-0.3, -0.25) is 4.79 Å². The van der Waals surface area contributed by atoms with Crippen molar-refractivity contribution in [2.24, 2.45) is 0 Å². The molecule has 0 spiro atoms. The molecule has 6 nitrogen and oxygen atoms in total. The summed E-state index contributed by atoms with van der Waals surface area (Å²) < 4.78 is 0. The van der Waals surface area contributed by atoms with Crippen molar-refractivity contribution in [3.63, 3.8) is 0 Å². The number of para-hydroxylation sites is 1. The molecule has 144 valence electrons. The molecule has 0 atom stereocenters. The number of rotatable bonds is 6. The van der Waals surface area contributed by atoms with Crippen LogP contribution >= 0.6 is 0 Å². The van der Waals surface area contributed by atoms with E-state index in [0.29, 0.717) is 11.5 Å². The predicted molar refractivity (Wildman–Crippen MR) is 110 cm³/mol. The minimum Gasteiger partial charge on any atom is -0.338 e. The standard InChI is InChI=1S/C21H29N5O/c1-4-16-8-7-9-17(5-2)19(16)24-20(27)18-14-22-21(23-15-18)26-12-10-25(6-3)11-13-26/h7-9,14-15H,4-6,10-13H2,1-3H3,(H,24,27). The maximum Gasteiger partial charge on any atom is 0.258 e. The first-order chi connectivity index (χ1) is 13.2. The van der Waals surface area contributed by atoms with E-state index < -0.39 is 0 Å². The molecule has 1 N–H and O–H groups in total. The van der Waals surface area contributed by atoms with Crippen molar-refractivity contribution < 1.29 is 4.79 Å². The number of anilines is 2. The first kappa shape index (κ1) is 19.3. The van der Waals surface area contributed by atoms with Crippen LogP contribution < -0.4 is 10.2 Å². The van der Waals surface area contributed by atoms with E-state index in [1.54, 1.807) is 12.4 Å². The number of aryl methyl sites for hydroxylation is 2. The number of nitrogens with one attached hydrogen (secondary N) is 1. The van der Waals surface area contributed by atoms with Crippen LogP contribution in [0.2, 0.25) is 0 Å². The maximum absolute atomic E-state index is 12.7. The molecule has 0 unspecified atom stereocenters. The van der Waals surface area contributed by atoms with Crippen LogP contribution in [-0.4, -0.2) is 53.5 Å². The van der Waals surface area contributed by atoms with Gasteiger partial charge in [0.05, 0.1) is 5.56 Å². The minimum atomic E-state index is -0.159. The zero-order chi connectivity index (χ0) is 19.2. The molecule has 27 heavy (non-hydrogen) atoms. The molecule has 1 fully saturated rings. The van der Waals surface area contributed by atoms with Gasteiger partial charge in [0.1, 0.15) is 0 Å². The molecular weight excluding hydrogens is 338 g/mol. The van der Waals surface area contributed by atoms with Gasteiger partial charge in [-0.25, -0.2) is 9.97 Å². The van der Waals surface area contributed by atoms with Gasteiger partial charge >= 0.3 is 0 Å². The summed E-state index contributed by atoms with van der Waals surface area (Å²) in [6.07, 6.45) is 5.01. The summed E-state index contributed by atoms with van der Waals surface area (Å²) in [4.78, 5) is 26.2. The van der Waals surface area contributed by atoms with Crippen LogP contribution in [0, 0.1) is 0 Å². The Morgan fingerprint density at radius 1 is 1.00 bits per heavy atom. The lowest BCUT2D eigenvalue weighted by atomic mass is 10.0. The highest BCUT2D eigenvalue weighted by Gasteiger charge is 2.18. The summed E-state index contributed by atoms with van der Waals surface area (Å²) in [6.45, 7) is 11.3. The molecule has 3 rings (SSSR count). The third-order valence-corrected chi connectivity index (χ3v) is 5.24. The van der Waals surface area contributed by atoms with Gasteiger partial charge in [0.25, 0.3) is 5.91 Å². The predicted octanol–water partition coefficient (Wildman–Crippen LogP) is 3.00. The Labute approximate surface area is 161 Å². The van der Waals surface area contributed by atoms with E-state index in [1.165, 1.54) is 0 Å². The zero-order valence-electron chi connectivity index (χ0n) is 16.5. The largest absolute Gasteiger partial charge is 0.338 e. The smallest absolute Gasteiger partial charge is 0.258 e. The monoisotopic (exact) mass is 367 g/mol. The van der Waals surface area contributed by atoms with Crippen molar-refractivity contribution in [1.82, 2.24) is 14.9 Å². The number of aromatic nitrogens is 2. The van der Waals surface area contributed by atoms with Crippen LogP contribution in [-0.2, 0) is 12.8 Å².